The van der Waals surface area contributed by atoms with E-state index in [-0.39, 0.29) is 29.8 Å². The minimum absolute atomic E-state index is 0.0182. The smallest absolute Gasteiger partial charge is 0.264 e. The number of sulfonamides is 1. The van der Waals surface area contributed by atoms with Gasteiger partial charge < -0.3 is 10.2 Å². The highest BCUT2D eigenvalue weighted by atomic mass is 79.9. The molecule has 0 fully saturated rings. The molecule has 1 atom stereocenters. The lowest BCUT2D eigenvalue weighted by atomic mass is 10.0. The Morgan fingerprint density at radius 2 is 1.53 bits per heavy atom. The molecule has 45 heavy (non-hydrogen) atoms. The molecule has 0 aliphatic heterocycles. The summed E-state index contributed by atoms with van der Waals surface area (Å²) >= 11 is 15.9. The molecule has 0 saturated heterocycles. The summed E-state index contributed by atoms with van der Waals surface area (Å²) in [5.74, 6) is -0.936. The average Bonchev–Trinajstić information content (AvgIpc) is 2.99. The van der Waals surface area contributed by atoms with Crippen molar-refractivity contribution in [1.29, 1.82) is 0 Å². The molecular weight excluding hydrogens is 697 g/mol. The van der Waals surface area contributed by atoms with Crippen molar-refractivity contribution in [1.82, 2.24) is 10.2 Å². The molecule has 2 amide bonds. The maximum atomic E-state index is 14.5. The Morgan fingerprint density at radius 3 is 2.16 bits per heavy atom. The van der Waals surface area contributed by atoms with Gasteiger partial charge in [0, 0.05) is 23.5 Å². The predicted octanol–water partition coefficient (Wildman–Crippen LogP) is 7.42. The van der Waals surface area contributed by atoms with Gasteiger partial charge in [-0.2, -0.15) is 0 Å². The van der Waals surface area contributed by atoms with Crippen LogP contribution in [-0.4, -0.2) is 43.8 Å². The lowest BCUT2D eigenvalue weighted by molar-refractivity contribution is -0.140. The normalized spacial score (nSPS) is 12.1. The van der Waals surface area contributed by atoms with E-state index >= 15 is 0 Å². The van der Waals surface area contributed by atoms with Gasteiger partial charge in [0.05, 0.1) is 20.6 Å². The van der Waals surface area contributed by atoms with Crippen molar-refractivity contribution in [3.8, 4) is 0 Å². The Hall–Kier alpha value is -3.37. The molecule has 4 aromatic carbocycles. The van der Waals surface area contributed by atoms with Gasteiger partial charge in [-0.15, -0.1) is 0 Å². The van der Waals surface area contributed by atoms with Crippen molar-refractivity contribution in [2.75, 3.05) is 10.8 Å². The van der Waals surface area contributed by atoms with Gasteiger partial charge in [-0.25, -0.2) is 8.42 Å². The first-order chi connectivity index (χ1) is 21.3. The van der Waals surface area contributed by atoms with Crippen molar-refractivity contribution in [3.63, 3.8) is 0 Å². The van der Waals surface area contributed by atoms with E-state index in [1.807, 2.05) is 51.1 Å². The first-order valence-electron chi connectivity index (χ1n) is 14.3. The van der Waals surface area contributed by atoms with Crippen LogP contribution in [0.3, 0.4) is 0 Å². The second-order valence-corrected chi connectivity index (χ2v) is 14.5. The van der Waals surface area contributed by atoms with E-state index in [1.165, 1.54) is 17.0 Å². The van der Waals surface area contributed by atoms with Crippen LogP contribution in [0.15, 0.2) is 106 Å². The topological polar surface area (TPSA) is 86.8 Å². The number of carbonyl (C=O) groups excluding carboxylic acids is 2. The molecule has 4 aromatic rings. The summed E-state index contributed by atoms with van der Waals surface area (Å²) in [6, 6.07) is 26.3. The van der Waals surface area contributed by atoms with Crippen molar-refractivity contribution in [2.45, 2.75) is 50.7 Å². The van der Waals surface area contributed by atoms with Gasteiger partial charge in [0.1, 0.15) is 12.6 Å². The Balaban J connectivity index is 1.82. The minimum atomic E-state index is -4.20. The van der Waals surface area contributed by atoms with E-state index in [0.29, 0.717) is 25.8 Å². The molecule has 0 saturated carbocycles. The number of halogens is 3. The van der Waals surface area contributed by atoms with E-state index < -0.39 is 28.5 Å². The zero-order valence-electron chi connectivity index (χ0n) is 25.1. The molecule has 236 valence electrons. The number of anilines is 1. The summed E-state index contributed by atoms with van der Waals surface area (Å²) in [6.45, 7) is 4.96. The number of hydrogen-bond acceptors (Lipinski definition) is 4. The fraction of sp³-hybridized carbons (Fsp3) is 0.235. The number of benzene rings is 4. The number of aryl methyl sites for hydroxylation is 1. The molecule has 1 N–H and O–H groups in total. The Labute approximate surface area is 283 Å². The molecule has 7 nitrogen and oxygen atoms in total. The maximum absolute atomic E-state index is 14.5. The third-order valence-corrected chi connectivity index (χ3v) is 10.0. The number of nitrogens with zero attached hydrogens (tertiary/aromatic N) is 2. The van der Waals surface area contributed by atoms with Gasteiger partial charge >= 0.3 is 0 Å². The largest absolute Gasteiger partial charge is 0.352 e. The Morgan fingerprint density at radius 1 is 0.844 bits per heavy atom. The molecule has 0 bridgehead atoms. The van der Waals surface area contributed by atoms with Gasteiger partial charge in [-0.3, -0.25) is 13.9 Å². The van der Waals surface area contributed by atoms with Crippen LogP contribution < -0.4 is 9.62 Å². The third kappa shape index (κ3) is 9.10. The SMILES string of the molecule is Cc1ccc(S(=O)(=O)N(CC(=O)N(Cc2ccc(Cl)c(Cl)c2)[C@@H](Cc2ccccc2)C(=O)NC(C)C)c2cccc(Br)c2)cc1. The quantitative estimate of drug-likeness (QED) is 0.164. The van der Waals surface area contributed by atoms with Gasteiger partial charge in [0.2, 0.25) is 11.8 Å². The van der Waals surface area contributed by atoms with Gasteiger partial charge in [-0.05, 0) is 74.4 Å². The summed E-state index contributed by atoms with van der Waals surface area (Å²) in [4.78, 5) is 29.7. The van der Waals surface area contributed by atoms with E-state index in [9.17, 15) is 18.0 Å². The summed E-state index contributed by atoms with van der Waals surface area (Å²) in [5.41, 5.74) is 2.65. The van der Waals surface area contributed by atoms with Crippen LogP contribution in [-0.2, 0) is 32.6 Å². The highest BCUT2D eigenvalue weighted by Gasteiger charge is 2.35. The van der Waals surface area contributed by atoms with Gasteiger partial charge in [0.25, 0.3) is 10.0 Å². The fourth-order valence-electron chi connectivity index (χ4n) is 4.77. The third-order valence-electron chi connectivity index (χ3n) is 7.02. The fourth-order valence-corrected chi connectivity index (χ4v) is 6.88. The number of carbonyl (C=O) groups is 2. The molecule has 0 aliphatic carbocycles. The van der Waals surface area contributed by atoms with Crippen molar-refractivity contribution in [2.24, 2.45) is 0 Å². The lowest BCUT2D eigenvalue weighted by Gasteiger charge is -2.34. The maximum Gasteiger partial charge on any atom is 0.264 e. The molecule has 0 spiro atoms. The van der Waals surface area contributed by atoms with Crippen LogP contribution in [0.5, 0.6) is 0 Å². The first-order valence-corrected chi connectivity index (χ1v) is 17.3. The van der Waals surface area contributed by atoms with E-state index in [1.54, 1.807) is 54.6 Å². The Bertz CT molecular complexity index is 1750. The van der Waals surface area contributed by atoms with Crippen LogP contribution in [0.2, 0.25) is 10.0 Å². The van der Waals surface area contributed by atoms with E-state index in [4.69, 9.17) is 23.2 Å². The molecule has 4 rings (SSSR count). The second-order valence-electron chi connectivity index (χ2n) is 10.9. The monoisotopic (exact) mass is 729 g/mol. The number of rotatable bonds is 12. The summed E-state index contributed by atoms with van der Waals surface area (Å²) in [5, 5.41) is 3.59. The minimum Gasteiger partial charge on any atom is -0.352 e. The van der Waals surface area contributed by atoms with Crippen molar-refractivity contribution >= 4 is 66.7 Å². The zero-order chi connectivity index (χ0) is 32.7. The van der Waals surface area contributed by atoms with Crippen LogP contribution in [0.4, 0.5) is 5.69 Å². The Kier molecular flexibility index (Phi) is 11.7. The molecule has 11 heteroatoms. The average molecular weight is 732 g/mol. The number of nitrogens with one attached hydrogen (secondary N) is 1. The van der Waals surface area contributed by atoms with Crippen molar-refractivity contribution in [3.05, 3.63) is 128 Å². The molecule has 0 heterocycles. The zero-order valence-corrected chi connectivity index (χ0v) is 29.0. The predicted molar refractivity (Wildman–Crippen MR) is 184 cm³/mol. The van der Waals surface area contributed by atoms with E-state index in [2.05, 4.69) is 21.2 Å². The van der Waals surface area contributed by atoms with Crippen LogP contribution >= 0.6 is 39.1 Å². The highest BCUT2D eigenvalue weighted by Crippen LogP contribution is 2.28. The number of hydrogen-bond donors (Lipinski definition) is 1. The van der Waals surface area contributed by atoms with E-state index in [0.717, 1.165) is 15.4 Å². The van der Waals surface area contributed by atoms with Crippen LogP contribution in [0.25, 0.3) is 0 Å². The number of amides is 2. The standard InChI is InChI=1S/C34H34BrCl2N3O4S/c1-23(2)38-34(42)32(19-25-8-5-4-6-9-25)39(21-26-14-17-30(36)31(37)18-26)33(41)22-40(28-11-7-10-27(35)20-28)45(43,44)29-15-12-24(3)13-16-29/h4-18,20,23,32H,19,21-22H2,1-3H3,(H,38,42)/t32-/m0/s1. The molecule has 0 aliphatic rings. The molecule has 0 unspecified atom stereocenters. The second kappa shape index (κ2) is 15.3. The summed E-state index contributed by atoms with van der Waals surface area (Å²) in [7, 11) is -4.20. The van der Waals surface area contributed by atoms with Gasteiger partial charge in [-0.1, -0.05) is 99.3 Å². The molecule has 0 aromatic heterocycles. The van der Waals surface area contributed by atoms with Crippen molar-refractivity contribution < 1.29 is 18.0 Å². The highest BCUT2D eigenvalue weighted by molar-refractivity contribution is 9.10. The van der Waals surface area contributed by atoms with Crippen LogP contribution in [0.1, 0.15) is 30.5 Å². The van der Waals surface area contributed by atoms with Gasteiger partial charge in [0.15, 0.2) is 0 Å². The molecule has 0 radical (unpaired) electrons. The first kappa shape index (κ1) is 34.5. The lowest BCUT2D eigenvalue weighted by Crippen LogP contribution is -2.54. The molecular formula is C34H34BrCl2N3O4S. The summed E-state index contributed by atoms with van der Waals surface area (Å²) < 4.78 is 30.0. The van der Waals surface area contributed by atoms with Crippen LogP contribution in [0, 0.1) is 6.92 Å². The summed E-state index contributed by atoms with van der Waals surface area (Å²) in [6.07, 6.45) is 0.202.